The summed E-state index contributed by atoms with van der Waals surface area (Å²) < 4.78 is 0. The lowest BCUT2D eigenvalue weighted by Gasteiger charge is -2.33. The van der Waals surface area contributed by atoms with Gasteiger partial charge in [0.25, 0.3) is 0 Å². The molecule has 2 heterocycles. The Hall–Kier alpha value is -3.49. The van der Waals surface area contributed by atoms with Crippen LogP contribution in [-0.2, 0) is 16.0 Å². The molecule has 0 spiro atoms. The van der Waals surface area contributed by atoms with E-state index in [0.29, 0.717) is 38.2 Å². The second-order valence-corrected chi connectivity index (χ2v) is 7.32. The van der Waals surface area contributed by atoms with Gasteiger partial charge >= 0.3 is 5.69 Å². The molecule has 2 amide bonds. The summed E-state index contributed by atoms with van der Waals surface area (Å²) in [5.41, 5.74) is 0.942. The molecule has 30 heavy (non-hydrogen) atoms. The van der Waals surface area contributed by atoms with Crippen molar-refractivity contribution in [3.63, 3.8) is 0 Å². The van der Waals surface area contributed by atoms with Crippen molar-refractivity contribution in [2.24, 2.45) is 0 Å². The zero-order chi connectivity index (χ0) is 21.5. The largest absolute Gasteiger partial charge is 0.351 e. The molecule has 1 aromatic heterocycles. The Kier molecular flexibility index (Phi) is 6.95. The molecule has 1 aliphatic rings. The van der Waals surface area contributed by atoms with Gasteiger partial charge in [0.15, 0.2) is 0 Å². The fraction of sp³-hybridized carbons (Fsp3) is 0.381. The van der Waals surface area contributed by atoms with E-state index in [0.717, 1.165) is 5.56 Å². The molecule has 1 fully saturated rings. The van der Waals surface area contributed by atoms with E-state index in [4.69, 9.17) is 0 Å². The summed E-state index contributed by atoms with van der Waals surface area (Å²) in [4.78, 5) is 41.2. The van der Waals surface area contributed by atoms with Crippen molar-refractivity contribution in [3.8, 4) is 0 Å². The van der Waals surface area contributed by atoms with E-state index >= 15 is 0 Å². The number of benzene rings is 1. The van der Waals surface area contributed by atoms with Crippen LogP contribution in [0.1, 0.15) is 25.3 Å². The van der Waals surface area contributed by atoms with Gasteiger partial charge in [0, 0.05) is 44.7 Å². The molecule has 2 N–H and O–H groups in total. The Bertz CT molecular complexity index is 897. The second kappa shape index (κ2) is 9.82. The summed E-state index contributed by atoms with van der Waals surface area (Å²) in [6.07, 6.45) is 3.22. The summed E-state index contributed by atoms with van der Waals surface area (Å²) in [6, 6.07) is 11.8. The summed E-state index contributed by atoms with van der Waals surface area (Å²) in [7, 11) is 0. The van der Waals surface area contributed by atoms with Crippen molar-refractivity contribution >= 4 is 23.3 Å². The fourth-order valence-electron chi connectivity index (χ4n) is 3.62. The summed E-state index contributed by atoms with van der Waals surface area (Å²) in [5, 5.41) is 17.0. The zero-order valence-electron chi connectivity index (χ0n) is 16.8. The summed E-state index contributed by atoms with van der Waals surface area (Å²) in [6.45, 7) is 2.49. The van der Waals surface area contributed by atoms with Crippen molar-refractivity contribution in [1.82, 2.24) is 15.6 Å². The lowest BCUT2D eigenvalue weighted by molar-refractivity contribution is -0.384. The number of aromatic nitrogens is 1. The third-order valence-electron chi connectivity index (χ3n) is 5.08. The van der Waals surface area contributed by atoms with E-state index in [1.54, 1.807) is 6.07 Å². The minimum Gasteiger partial charge on any atom is -0.351 e. The molecule has 9 nitrogen and oxygen atoms in total. The number of nitrogens with zero attached hydrogens (tertiary/aromatic N) is 3. The molecule has 0 unspecified atom stereocenters. The number of rotatable bonds is 7. The van der Waals surface area contributed by atoms with Crippen LogP contribution in [0, 0.1) is 10.1 Å². The van der Waals surface area contributed by atoms with Gasteiger partial charge in [-0.15, -0.1) is 0 Å². The molecule has 158 valence electrons. The topological polar surface area (TPSA) is 117 Å². The Labute approximate surface area is 174 Å². The average Bonchev–Trinajstić information content (AvgIpc) is 2.74. The first kappa shape index (κ1) is 21.2. The summed E-state index contributed by atoms with van der Waals surface area (Å²) in [5.74, 6) is -0.132. The molecular formula is C21H25N5O4. The van der Waals surface area contributed by atoms with Gasteiger partial charge in [-0.05, 0) is 24.5 Å². The molecule has 9 heteroatoms. The van der Waals surface area contributed by atoms with Gasteiger partial charge in [-0.25, -0.2) is 4.98 Å². The molecule has 1 saturated heterocycles. The van der Waals surface area contributed by atoms with Crippen LogP contribution in [0.3, 0.4) is 0 Å². The first-order chi connectivity index (χ1) is 14.4. The molecule has 2 aromatic rings. The fourth-order valence-corrected chi connectivity index (χ4v) is 3.62. The van der Waals surface area contributed by atoms with E-state index in [9.17, 15) is 19.7 Å². The van der Waals surface area contributed by atoms with Gasteiger partial charge in [0.05, 0.1) is 4.92 Å². The highest BCUT2D eigenvalue weighted by Gasteiger charge is 2.28. The SMILES string of the molecule is CC(=O)N[C@@H](Cc1ccccc1)C(=O)NC1CCN(c2ncccc2[N+](=O)[O-])CC1. The van der Waals surface area contributed by atoms with Crippen LogP contribution in [0.2, 0.25) is 0 Å². The van der Waals surface area contributed by atoms with Gasteiger partial charge in [-0.2, -0.15) is 0 Å². The van der Waals surface area contributed by atoms with Gasteiger partial charge in [0.1, 0.15) is 6.04 Å². The lowest BCUT2D eigenvalue weighted by Crippen LogP contribution is -2.52. The molecule has 0 aliphatic carbocycles. The Morgan fingerprint density at radius 3 is 2.53 bits per heavy atom. The van der Waals surface area contributed by atoms with Crippen LogP contribution in [0.15, 0.2) is 48.7 Å². The molecule has 0 saturated carbocycles. The number of amides is 2. The summed E-state index contributed by atoms with van der Waals surface area (Å²) >= 11 is 0. The van der Waals surface area contributed by atoms with Crippen LogP contribution in [-0.4, -0.2) is 46.9 Å². The molecule has 0 bridgehead atoms. The second-order valence-electron chi connectivity index (χ2n) is 7.32. The van der Waals surface area contributed by atoms with Crippen LogP contribution >= 0.6 is 0 Å². The number of nitrogens with one attached hydrogen (secondary N) is 2. The van der Waals surface area contributed by atoms with Crippen LogP contribution in [0.25, 0.3) is 0 Å². The minimum atomic E-state index is -0.653. The van der Waals surface area contributed by atoms with Crippen molar-refractivity contribution in [1.29, 1.82) is 0 Å². The number of carbonyl (C=O) groups excluding carboxylic acids is 2. The Morgan fingerprint density at radius 1 is 1.20 bits per heavy atom. The predicted molar refractivity (Wildman–Crippen MR) is 112 cm³/mol. The molecule has 1 aromatic carbocycles. The normalized spacial score (nSPS) is 15.3. The molecule has 3 rings (SSSR count). The van der Waals surface area contributed by atoms with Crippen molar-refractivity contribution in [3.05, 3.63) is 64.3 Å². The van der Waals surface area contributed by atoms with E-state index < -0.39 is 11.0 Å². The Balaban J connectivity index is 1.59. The van der Waals surface area contributed by atoms with Gasteiger partial charge in [-0.3, -0.25) is 19.7 Å². The lowest BCUT2D eigenvalue weighted by atomic mass is 10.0. The van der Waals surface area contributed by atoms with Gasteiger partial charge in [0.2, 0.25) is 17.6 Å². The monoisotopic (exact) mass is 411 g/mol. The smallest absolute Gasteiger partial charge is 0.311 e. The van der Waals surface area contributed by atoms with Crippen LogP contribution in [0.5, 0.6) is 0 Å². The highest BCUT2D eigenvalue weighted by Crippen LogP contribution is 2.27. The minimum absolute atomic E-state index is 0.0198. The van der Waals surface area contributed by atoms with E-state index in [-0.39, 0.29) is 23.5 Å². The number of pyridine rings is 1. The predicted octanol–water partition coefficient (Wildman–Crippen LogP) is 1.82. The van der Waals surface area contributed by atoms with Gasteiger partial charge in [-0.1, -0.05) is 30.3 Å². The molecule has 1 atom stereocenters. The maximum absolute atomic E-state index is 12.8. The van der Waals surface area contributed by atoms with Gasteiger partial charge < -0.3 is 15.5 Å². The maximum Gasteiger partial charge on any atom is 0.311 e. The van der Waals surface area contributed by atoms with Crippen molar-refractivity contribution in [2.45, 2.75) is 38.3 Å². The third-order valence-corrected chi connectivity index (χ3v) is 5.08. The first-order valence-electron chi connectivity index (χ1n) is 9.90. The van der Waals surface area contributed by atoms with E-state index in [1.807, 2.05) is 35.2 Å². The third kappa shape index (κ3) is 5.53. The zero-order valence-corrected chi connectivity index (χ0v) is 16.8. The average molecular weight is 411 g/mol. The standard InChI is InChI=1S/C21H25N5O4/c1-15(27)23-18(14-16-6-3-2-4-7-16)21(28)24-17-9-12-25(13-10-17)20-19(26(29)30)8-5-11-22-20/h2-8,11,17-18H,9-10,12-14H2,1H3,(H,23,27)(H,24,28)/t18-/m0/s1. The highest BCUT2D eigenvalue weighted by atomic mass is 16.6. The maximum atomic E-state index is 12.8. The molecule has 0 radical (unpaired) electrons. The first-order valence-corrected chi connectivity index (χ1v) is 9.90. The number of hydrogen-bond donors (Lipinski definition) is 2. The molecular weight excluding hydrogens is 386 g/mol. The number of anilines is 1. The number of nitro groups is 1. The quantitative estimate of drug-likeness (QED) is 0.530. The Morgan fingerprint density at radius 2 is 1.90 bits per heavy atom. The highest BCUT2D eigenvalue weighted by molar-refractivity contribution is 5.87. The van der Waals surface area contributed by atoms with E-state index in [2.05, 4.69) is 15.6 Å². The van der Waals surface area contributed by atoms with Crippen molar-refractivity contribution in [2.75, 3.05) is 18.0 Å². The number of piperidine rings is 1. The van der Waals surface area contributed by atoms with E-state index in [1.165, 1.54) is 19.2 Å². The number of carbonyl (C=O) groups is 2. The number of hydrogen-bond acceptors (Lipinski definition) is 6. The van der Waals surface area contributed by atoms with Crippen LogP contribution in [0.4, 0.5) is 11.5 Å². The van der Waals surface area contributed by atoms with Crippen molar-refractivity contribution < 1.29 is 14.5 Å². The molecule has 1 aliphatic heterocycles. The van der Waals surface area contributed by atoms with Crippen LogP contribution < -0.4 is 15.5 Å².